The van der Waals surface area contributed by atoms with Crippen LogP contribution in [0.15, 0.2) is 24.3 Å². The third-order valence-electron chi connectivity index (χ3n) is 2.91. The Balaban J connectivity index is 2.82. The maximum atomic E-state index is 11.9. The fourth-order valence-electron chi connectivity index (χ4n) is 1.71. The van der Waals surface area contributed by atoms with Crippen molar-refractivity contribution < 1.29 is 18.3 Å². The van der Waals surface area contributed by atoms with Gasteiger partial charge in [-0.3, -0.25) is 4.72 Å². The Morgan fingerprint density at radius 2 is 2.05 bits per heavy atom. The fourth-order valence-corrected chi connectivity index (χ4v) is 3.08. The molecule has 0 atom stereocenters. The number of sulfonamides is 1. The van der Waals surface area contributed by atoms with Gasteiger partial charge in [0.05, 0.1) is 5.75 Å². The number of benzene rings is 1. The van der Waals surface area contributed by atoms with Gasteiger partial charge >= 0.3 is 5.97 Å². The van der Waals surface area contributed by atoms with E-state index in [1.807, 2.05) is 13.8 Å². The summed E-state index contributed by atoms with van der Waals surface area (Å²) >= 11 is 0. The minimum absolute atomic E-state index is 0.0877. The van der Waals surface area contributed by atoms with Crippen LogP contribution in [0.4, 0.5) is 5.69 Å². The van der Waals surface area contributed by atoms with Crippen LogP contribution in [0.1, 0.15) is 31.4 Å². The van der Waals surface area contributed by atoms with Crippen LogP contribution in [0.5, 0.6) is 0 Å². The monoisotopic (exact) mass is 311 g/mol. The highest BCUT2D eigenvalue weighted by atomic mass is 32.2. The number of aryl methyl sites for hydroxylation is 1. The van der Waals surface area contributed by atoms with Crippen molar-refractivity contribution in [2.75, 3.05) is 10.5 Å². The molecule has 116 valence electrons. The molecule has 1 aromatic carbocycles. The summed E-state index contributed by atoms with van der Waals surface area (Å²) in [5.74, 6) is -0.607. The second-order valence-corrected chi connectivity index (χ2v) is 7.19. The average Bonchev–Trinajstić information content (AvgIpc) is 2.35. The van der Waals surface area contributed by atoms with E-state index >= 15 is 0 Å². The molecule has 1 rings (SSSR count). The van der Waals surface area contributed by atoms with Gasteiger partial charge in [-0.1, -0.05) is 19.9 Å². The first-order valence-electron chi connectivity index (χ1n) is 6.72. The average molecular weight is 311 g/mol. The Labute approximate surface area is 125 Å². The van der Waals surface area contributed by atoms with Crippen molar-refractivity contribution in [3.05, 3.63) is 35.4 Å². The predicted octanol–water partition coefficient (Wildman–Crippen LogP) is 2.88. The molecule has 0 heterocycles. The van der Waals surface area contributed by atoms with Crippen molar-refractivity contribution in [1.29, 1.82) is 0 Å². The number of hydrogen-bond acceptors (Lipinski definition) is 3. The molecule has 0 aliphatic rings. The van der Waals surface area contributed by atoms with Gasteiger partial charge in [0, 0.05) is 11.8 Å². The summed E-state index contributed by atoms with van der Waals surface area (Å²) in [6.45, 7) is 5.75. The summed E-state index contributed by atoms with van der Waals surface area (Å²) in [6, 6.07) is 5.00. The summed E-state index contributed by atoms with van der Waals surface area (Å²) in [7, 11) is -3.35. The van der Waals surface area contributed by atoms with Crippen molar-refractivity contribution in [1.82, 2.24) is 0 Å². The van der Waals surface area contributed by atoms with Crippen LogP contribution < -0.4 is 4.72 Å². The van der Waals surface area contributed by atoms with Gasteiger partial charge in [0.1, 0.15) is 0 Å². The molecule has 0 aliphatic heterocycles. The van der Waals surface area contributed by atoms with Gasteiger partial charge in [0.25, 0.3) is 0 Å². The van der Waals surface area contributed by atoms with Gasteiger partial charge in [0.15, 0.2) is 0 Å². The van der Waals surface area contributed by atoms with Gasteiger partial charge in [-0.15, -0.1) is 0 Å². The van der Waals surface area contributed by atoms with E-state index in [1.165, 1.54) is 6.08 Å². The summed E-state index contributed by atoms with van der Waals surface area (Å²) in [5.41, 5.74) is 2.03. The Morgan fingerprint density at radius 1 is 1.38 bits per heavy atom. The highest BCUT2D eigenvalue weighted by Crippen LogP contribution is 2.18. The van der Waals surface area contributed by atoms with E-state index in [2.05, 4.69) is 4.72 Å². The van der Waals surface area contributed by atoms with Gasteiger partial charge in [-0.25, -0.2) is 13.2 Å². The van der Waals surface area contributed by atoms with E-state index in [9.17, 15) is 13.2 Å². The number of carboxylic acids is 1. The molecular weight excluding hydrogens is 290 g/mol. The fraction of sp³-hybridized carbons (Fsp3) is 0.400. The zero-order valence-electron chi connectivity index (χ0n) is 12.5. The highest BCUT2D eigenvalue weighted by Gasteiger charge is 2.11. The first kappa shape index (κ1) is 17.2. The van der Waals surface area contributed by atoms with Crippen LogP contribution in [-0.4, -0.2) is 25.2 Å². The van der Waals surface area contributed by atoms with E-state index < -0.39 is 16.0 Å². The normalized spacial score (nSPS) is 12.0. The molecule has 0 aromatic heterocycles. The summed E-state index contributed by atoms with van der Waals surface area (Å²) in [5, 5.41) is 8.60. The van der Waals surface area contributed by atoms with Crippen molar-refractivity contribution in [3.8, 4) is 0 Å². The lowest BCUT2D eigenvalue weighted by molar-refractivity contribution is -0.131. The zero-order valence-corrected chi connectivity index (χ0v) is 13.3. The molecule has 21 heavy (non-hydrogen) atoms. The van der Waals surface area contributed by atoms with Crippen LogP contribution in [0.25, 0.3) is 6.08 Å². The topological polar surface area (TPSA) is 83.5 Å². The number of anilines is 1. The van der Waals surface area contributed by atoms with Gasteiger partial charge in [0.2, 0.25) is 10.0 Å². The van der Waals surface area contributed by atoms with Crippen molar-refractivity contribution in [2.45, 2.75) is 27.2 Å². The number of nitrogens with one attached hydrogen (secondary N) is 1. The lowest BCUT2D eigenvalue weighted by Crippen LogP contribution is -2.18. The Kier molecular flexibility index (Phi) is 5.96. The molecule has 0 fully saturated rings. The minimum Gasteiger partial charge on any atom is -0.478 e. The van der Waals surface area contributed by atoms with Crippen LogP contribution in [0.3, 0.4) is 0 Å². The predicted molar refractivity (Wildman–Crippen MR) is 84.7 cm³/mol. The summed E-state index contributed by atoms with van der Waals surface area (Å²) in [4.78, 5) is 10.5. The second-order valence-electron chi connectivity index (χ2n) is 5.35. The number of aliphatic carboxylic acids is 1. The van der Waals surface area contributed by atoms with Crippen LogP contribution in [0, 0.1) is 12.8 Å². The molecule has 5 nitrogen and oxygen atoms in total. The lowest BCUT2D eigenvalue weighted by atomic mass is 10.1. The van der Waals surface area contributed by atoms with E-state index in [-0.39, 0.29) is 5.75 Å². The SMILES string of the molecule is Cc1cc(NS(=O)(=O)CCC(C)C)ccc1C=CC(=O)O. The molecule has 0 bridgehead atoms. The Hall–Kier alpha value is -1.82. The quantitative estimate of drug-likeness (QED) is 0.758. The van der Waals surface area contributed by atoms with Crippen LogP contribution in [0.2, 0.25) is 0 Å². The molecule has 0 unspecified atom stereocenters. The van der Waals surface area contributed by atoms with Gasteiger partial charge < -0.3 is 5.11 Å². The third kappa shape index (κ3) is 6.44. The largest absolute Gasteiger partial charge is 0.478 e. The standard InChI is InChI=1S/C15H21NO4S/c1-11(2)8-9-21(19,20)16-14-6-4-13(12(3)10-14)5-7-15(17)18/h4-7,10-11,16H,8-9H2,1-3H3,(H,17,18). The lowest BCUT2D eigenvalue weighted by Gasteiger charge is -2.11. The molecule has 0 spiro atoms. The molecule has 2 N–H and O–H groups in total. The van der Waals surface area contributed by atoms with Crippen molar-refractivity contribution >= 4 is 27.8 Å². The van der Waals surface area contributed by atoms with E-state index in [0.29, 0.717) is 18.0 Å². The van der Waals surface area contributed by atoms with Crippen molar-refractivity contribution in [2.24, 2.45) is 5.92 Å². The first-order valence-corrected chi connectivity index (χ1v) is 8.37. The molecular formula is C15H21NO4S. The zero-order chi connectivity index (χ0) is 16.0. The molecule has 0 radical (unpaired) electrons. The molecule has 1 aromatic rings. The molecule has 0 saturated heterocycles. The molecule has 0 aliphatic carbocycles. The van der Waals surface area contributed by atoms with Gasteiger partial charge in [-0.05, 0) is 48.6 Å². The Morgan fingerprint density at radius 3 is 2.57 bits per heavy atom. The maximum Gasteiger partial charge on any atom is 0.328 e. The molecule has 6 heteroatoms. The summed E-state index contributed by atoms with van der Waals surface area (Å²) < 4.78 is 26.4. The smallest absolute Gasteiger partial charge is 0.328 e. The van der Waals surface area contributed by atoms with E-state index in [0.717, 1.165) is 17.2 Å². The number of carboxylic acid groups (broad SMARTS) is 1. The minimum atomic E-state index is -3.35. The van der Waals surface area contributed by atoms with E-state index in [4.69, 9.17) is 5.11 Å². The third-order valence-corrected chi connectivity index (χ3v) is 4.23. The van der Waals surface area contributed by atoms with Crippen LogP contribution in [-0.2, 0) is 14.8 Å². The van der Waals surface area contributed by atoms with Gasteiger partial charge in [-0.2, -0.15) is 0 Å². The number of rotatable bonds is 7. The number of hydrogen-bond donors (Lipinski definition) is 2. The number of carbonyl (C=O) groups is 1. The second kappa shape index (κ2) is 7.26. The highest BCUT2D eigenvalue weighted by molar-refractivity contribution is 7.92. The molecule has 0 amide bonds. The first-order chi connectivity index (χ1) is 9.69. The Bertz CT molecular complexity index is 633. The van der Waals surface area contributed by atoms with Crippen LogP contribution >= 0.6 is 0 Å². The van der Waals surface area contributed by atoms with E-state index in [1.54, 1.807) is 25.1 Å². The summed E-state index contributed by atoms with van der Waals surface area (Å²) in [6.07, 6.45) is 3.14. The maximum absolute atomic E-state index is 11.9. The molecule has 0 saturated carbocycles. The van der Waals surface area contributed by atoms with Crippen molar-refractivity contribution in [3.63, 3.8) is 0 Å².